The van der Waals surface area contributed by atoms with E-state index < -0.39 is 27.7 Å². The molecule has 0 spiro atoms. The van der Waals surface area contributed by atoms with Crippen molar-refractivity contribution in [2.45, 2.75) is 43.4 Å². The largest absolute Gasteiger partial charge is 0.334 e. The third-order valence-electron chi connectivity index (χ3n) is 4.45. The van der Waals surface area contributed by atoms with Crippen LogP contribution in [0.1, 0.15) is 32.1 Å². The van der Waals surface area contributed by atoms with Crippen LogP contribution in [0.2, 0.25) is 0 Å². The van der Waals surface area contributed by atoms with Gasteiger partial charge < -0.3 is 10.6 Å². The lowest BCUT2D eigenvalue weighted by Crippen LogP contribution is -2.46. The number of carbonyl (C=O) groups excluding carboxylic acids is 1. The van der Waals surface area contributed by atoms with E-state index in [9.17, 15) is 22.0 Å². The van der Waals surface area contributed by atoms with Crippen molar-refractivity contribution in [2.75, 3.05) is 18.4 Å². The molecule has 9 heteroatoms. The van der Waals surface area contributed by atoms with Crippen LogP contribution in [-0.2, 0) is 10.0 Å². The lowest BCUT2D eigenvalue weighted by Gasteiger charge is -2.24. The molecule has 1 aliphatic heterocycles. The van der Waals surface area contributed by atoms with E-state index in [2.05, 4.69) is 10.6 Å². The number of nitrogens with one attached hydrogen (secondary N) is 2. The van der Waals surface area contributed by atoms with E-state index in [0.717, 1.165) is 25.0 Å². The van der Waals surface area contributed by atoms with Gasteiger partial charge in [-0.05, 0) is 37.8 Å². The van der Waals surface area contributed by atoms with Crippen molar-refractivity contribution in [2.24, 2.45) is 0 Å². The van der Waals surface area contributed by atoms with Crippen molar-refractivity contribution >= 4 is 21.7 Å². The highest BCUT2D eigenvalue weighted by Crippen LogP contribution is 2.32. The predicted octanol–water partition coefficient (Wildman–Crippen LogP) is 2.43. The van der Waals surface area contributed by atoms with Crippen LogP contribution in [0.4, 0.5) is 19.3 Å². The Hall–Kier alpha value is -1.74. The molecule has 0 bridgehead atoms. The van der Waals surface area contributed by atoms with Gasteiger partial charge in [-0.15, -0.1) is 0 Å². The van der Waals surface area contributed by atoms with Crippen LogP contribution in [-0.4, -0.2) is 43.1 Å². The van der Waals surface area contributed by atoms with E-state index in [1.54, 1.807) is 0 Å². The summed E-state index contributed by atoms with van der Waals surface area (Å²) in [5.74, 6) is -1.60. The molecule has 1 atom stereocenters. The molecule has 2 amide bonds. The van der Waals surface area contributed by atoms with Crippen LogP contribution < -0.4 is 10.6 Å². The quantitative estimate of drug-likeness (QED) is 0.851. The van der Waals surface area contributed by atoms with Crippen molar-refractivity contribution in [3.8, 4) is 0 Å². The van der Waals surface area contributed by atoms with E-state index in [0.29, 0.717) is 31.9 Å². The number of benzene rings is 1. The topological polar surface area (TPSA) is 78.5 Å². The minimum Gasteiger partial charge on any atom is -0.334 e. The number of rotatable bonds is 4. The predicted molar refractivity (Wildman–Crippen MR) is 89.7 cm³/mol. The van der Waals surface area contributed by atoms with Crippen LogP contribution in [0.3, 0.4) is 0 Å². The zero-order valence-electron chi connectivity index (χ0n) is 13.7. The summed E-state index contributed by atoms with van der Waals surface area (Å²) in [4.78, 5) is 12.1. The van der Waals surface area contributed by atoms with Crippen molar-refractivity contribution < 1.29 is 22.0 Å². The molecule has 1 aliphatic carbocycles. The van der Waals surface area contributed by atoms with E-state index in [-0.39, 0.29) is 23.5 Å². The monoisotopic (exact) mass is 373 g/mol. The number of amides is 2. The molecule has 25 heavy (non-hydrogen) atoms. The Balaban J connectivity index is 1.61. The number of halogens is 2. The van der Waals surface area contributed by atoms with Gasteiger partial charge in [-0.25, -0.2) is 22.0 Å². The van der Waals surface area contributed by atoms with Gasteiger partial charge in [0, 0.05) is 25.2 Å². The third-order valence-corrected chi connectivity index (χ3v) is 6.82. The minimum atomic E-state index is -3.29. The first kappa shape index (κ1) is 18.1. The molecule has 1 unspecified atom stereocenters. The number of urea groups is 1. The molecule has 1 aromatic carbocycles. The minimum absolute atomic E-state index is 0.130. The molecule has 3 rings (SSSR count). The smallest absolute Gasteiger partial charge is 0.319 e. The summed E-state index contributed by atoms with van der Waals surface area (Å²) >= 11 is 0. The maximum Gasteiger partial charge on any atom is 0.319 e. The Kier molecular flexibility index (Phi) is 5.24. The number of nitrogens with zero attached hydrogens (tertiary/aromatic N) is 1. The summed E-state index contributed by atoms with van der Waals surface area (Å²) in [6.45, 7) is 0.684. The second-order valence-corrected chi connectivity index (χ2v) is 8.73. The molecule has 6 nitrogen and oxygen atoms in total. The number of sulfonamides is 1. The summed E-state index contributed by atoms with van der Waals surface area (Å²) < 4.78 is 52.8. The van der Waals surface area contributed by atoms with Gasteiger partial charge in [0.1, 0.15) is 11.6 Å². The molecular weight excluding hydrogens is 352 g/mol. The average Bonchev–Trinajstić information content (AvgIpc) is 3.37. The van der Waals surface area contributed by atoms with Gasteiger partial charge in [0.2, 0.25) is 10.0 Å². The Labute approximate surface area is 145 Å². The highest BCUT2D eigenvalue weighted by Gasteiger charge is 2.41. The first-order valence-electron chi connectivity index (χ1n) is 8.38. The van der Waals surface area contributed by atoms with E-state index in [1.807, 2.05) is 0 Å². The van der Waals surface area contributed by atoms with Gasteiger partial charge >= 0.3 is 6.03 Å². The fourth-order valence-corrected chi connectivity index (χ4v) is 4.89. The molecular formula is C16H21F2N3O3S. The average molecular weight is 373 g/mol. The molecule has 2 N–H and O–H groups in total. The van der Waals surface area contributed by atoms with Gasteiger partial charge in [-0.1, -0.05) is 6.42 Å². The fourth-order valence-electron chi connectivity index (χ4n) is 2.97. The summed E-state index contributed by atoms with van der Waals surface area (Å²) in [6.07, 6.45) is 3.59. The normalized spacial score (nSPS) is 22.2. The zero-order chi connectivity index (χ0) is 18.0. The molecule has 0 radical (unpaired) electrons. The summed E-state index contributed by atoms with van der Waals surface area (Å²) in [7, 11) is -3.29. The lowest BCUT2D eigenvalue weighted by atomic mass is 10.1. The van der Waals surface area contributed by atoms with Crippen molar-refractivity contribution in [1.82, 2.24) is 9.62 Å². The second kappa shape index (κ2) is 7.25. The Morgan fingerprint density at radius 3 is 2.60 bits per heavy atom. The van der Waals surface area contributed by atoms with Gasteiger partial charge in [-0.2, -0.15) is 4.31 Å². The Bertz CT molecular complexity index is 753. The van der Waals surface area contributed by atoms with Gasteiger partial charge in [0.15, 0.2) is 0 Å². The van der Waals surface area contributed by atoms with Crippen molar-refractivity contribution in [3.63, 3.8) is 0 Å². The molecule has 138 valence electrons. The van der Waals surface area contributed by atoms with E-state index >= 15 is 0 Å². The van der Waals surface area contributed by atoms with Crippen molar-refractivity contribution in [3.05, 3.63) is 29.8 Å². The number of carbonyl (C=O) groups is 1. The van der Waals surface area contributed by atoms with Gasteiger partial charge in [0.05, 0.1) is 10.9 Å². The van der Waals surface area contributed by atoms with Crippen LogP contribution in [0.15, 0.2) is 18.2 Å². The third kappa shape index (κ3) is 4.46. The number of hydrogen-bond acceptors (Lipinski definition) is 3. The van der Waals surface area contributed by atoms with Crippen LogP contribution >= 0.6 is 0 Å². The van der Waals surface area contributed by atoms with Crippen molar-refractivity contribution in [1.29, 1.82) is 0 Å². The highest BCUT2D eigenvalue weighted by atomic mass is 32.2. The first-order valence-corrected chi connectivity index (χ1v) is 9.88. The second-order valence-electron chi connectivity index (χ2n) is 6.52. The summed E-state index contributed by atoms with van der Waals surface area (Å²) in [5, 5.41) is 4.74. The Morgan fingerprint density at radius 1 is 1.16 bits per heavy atom. The Morgan fingerprint density at radius 2 is 1.92 bits per heavy atom. The SMILES string of the molecule is O=C(Nc1ccc(F)cc1F)NC1CCCCN(S(=O)(=O)C2CC2)C1. The summed E-state index contributed by atoms with van der Waals surface area (Å²) in [6, 6.07) is 1.89. The summed E-state index contributed by atoms with van der Waals surface area (Å²) in [5.41, 5.74) is -0.130. The molecule has 0 aromatic heterocycles. The molecule has 1 heterocycles. The zero-order valence-corrected chi connectivity index (χ0v) is 14.5. The molecule has 1 saturated heterocycles. The van der Waals surface area contributed by atoms with Gasteiger partial charge in [0.25, 0.3) is 0 Å². The molecule has 1 aromatic rings. The molecule has 1 saturated carbocycles. The van der Waals surface area contributed by atoms with Gasteiger partial charge in [-0.3, -0.25) is 0 Å². The standard InChI is InChI=1S/C16H21F2N3O3S/c17-11-4-7-15(14(18)9-11)20-16(22)19-12-3-1-2-8-21(10-12)25(23,24)13-5-6-13/h4,7,9,12-13H,1-3,5-6,8,10H2,(H2,19,20,22). The van der Waals surface area contributed by atoms with Crippen LogP contribution in [0, 0.1) is 11.6 Å². The number of anilines is 1. The van der Waals surface area contributed by atoms with E-state index in [4.69, 9.17) is 0 Å². The van der Waals surface area contributed by atoms with E-state index in [1.165, 1.54) is 4.31 Å². The first-order chi connectivity index (χ1) is 11.9. The molecule has 2 fully saturated rings. The number of hydrogen-bond donors (Lipinski definition) is 2. The maximum atomic E-state index is 13.6. The van der Waals surface area contributed by atoms with Crippen LogP contribution in [0.5, 0.6) is 0 Å². The highest BCUT2D eigenvalue weighted by molar-refractivity contribution is 7.90. The maximum absolute atomic E-state index is 13.6. The molecule has 2 aliphatic rings. The lowest BCUT2D eigenvalue weighted by molar-refractivity contribution is 0.245. The fraction of sp³-hybridized carbons (Fsp3) is 0.562. The van der Waals surface area contributed by atoms with Crippen LogP contribution in [0.25, 0.3) is 0 Å².